The molecule has 34 heavy (non-hydrogen) atoms. The molecule has 0 saturated carbocycles. The molecule has 1 N–H and O–H groups in total. The molecule has 0 radical (unpaired) electrons. The molecule has 3 aromatic rings. The number of nitrogens with zero attached hydrogens (tertiary/aromatic N) is 4. The molecular formula is C26H29FN4O3. The minimum absolute atomic E-state index is 0.0940. The molecule has 1 amide bonds. The highest BCUT2D eigenvalue weighted by atomic mass is 19.1. The van der Waals surface area contributed by atoms with Crippen LogP contribution >= 0.6 is 0 Å². The lowest BCUT2D eigenvalue weighted by atomic mass is 9.86. The third-order valence-corrected chi connectivity index (χ3v) is 6.39. The monoisotopic (exact) mass is 464 g/mol. The van der Waals surface area contributed by atoms with Crippen molar-refractivity contribution in [3.63, 3.8) is 0 Å². The van der Waals surface area contributed by atoms with Gasteiger partial charge in [-0.15, -0.1) is 0 Å². The van der Waals surface area contributed by atoms with Gasteiger partial charge in [-0.05, 0) is 56.0 Å². The number of carbonyl (C=O) groups excluding carboxylic acids is 1. The molecule has 4 rings (SSSR count). The number of aryl methyl sites for hydroxylation is 1. The zero-order chi connectivity index (χ0) is 24.2. The maximum atomic E-state index is 13.6. The van der Waals surface area contributed by atoms with E-state index in [1.807, 2.05) is 41.6 Å². The predicted octanol–water partition coefficient (Wildman–Crippen LogP) is 4.90. The minimum Gasteiger partial charge on any atom is -0.495 e. The molecule has 2 aromatic carbocycles. The van der Waals surface area contributed by atoms with Gasteiger partial charge in [-0.3, -0.25) is 4.79 Å². The van der Waals surface area contributed by atoms with Crippen molar-refractivity contribution in [1.29, 1.82) is 0 Å². The van der Waals surface area contributed by atoms with Crippen molar-refractivity contribution in [3.05, 3.63) is 77.6 Å². The van der Waals surface area contributed by atoms with Gasteiger partial charge in [-0.25, -0.2) is 9.37 Å². The van der Waals surface area contributed by atoms with Gasteiger partial charge in [-0.2, -0.15) is 0 Å². The fourth-order valence-electron chi connectivity index (χ4n) is 4.72. The number of hydrogen-bond acceptors (Lipinski definition) is 5. The second kappa shape index (κ2) is 10.1. The standard InChI is InChI=1S/C26H29FN4O3/c1-4-22(18-7-10-20(27)11-8-18)31-13-5-6-21(26(31)32)25(29-33)19-9-12-23(24(14-19)34-3)30-15-17(2)28-16-30/h7-12,14-16,21-22,33H,4-6,13H2,1-3H3/b29-25-. The Hall–Kier alpha value is -3.68. The zero-order valence-electron chi connectivity index (χ0n) is 19.6. The second-order valence-electron chi connectivity index (χ2n) is 8.50. The maximum absolute atomic E-state index is 13.6. The Labute approximate surface area is 198 Å². The van der Waals surface area contributed by atoms with Crippen LogP contribution in [0.1, 0.15) is 49.0 Å². The molecule has 178 valence electrons. The van der Waals surface area contributed by atoms with E-state index in [-0.39, 0.29) is 17.8 Å². The SMILES string of the molecule is CCC(c1ccc(F)cc1)N1CCCC(/C(=N\O)c2ccc(-n3cnc(C)c3)c(OC)c2)C1=O. The summed E-state index contributed by atoms with van der Waals surface area (Å²) in [5.41, 5.74) is 3.50. The molecular weight excluding hydrogens is 435 g/mol. The molecule has 1 aliphatic heterocycles. The van der Waals surface area contributed by atoms with Crippen molar-refractivity contribution < 1.29 is 19.1 Å². The molecule has 7 nitrogen and oxygen atoms in total. The van der Waals surface area contributed by atoms with Crippen LogP contribution in [-0.4, -0.2) is 44.9 Å². The maximum Gasteiger partial charge on any atom is 0.232 e. The molecule has 1 aromatic heterocycles. The summed E-state index contributed by atoms with van der Waals surface area (Å²) in [4.78, 5) is 19.7. The van der Waals surface area contributed by atoms with E-state index in [4.69, 9.17) is 4.74 Å². The summed E-state index contributed by atoms with van der Waals surface area (Å²) < 4.78 is 20.9. The number of amides is 1. The number of methoxy groups -OCH3 is 1. The molecule has 2 atom stereocenters. The molecule has 8 heteroatoms. The zero-order valence-corrected chi connectivity index (χ0v) is 19.6. The molecule has 0 aliphatic carbocycles. The van der Waals surface area contributed by atoms with Crippen LogP contribution in [-0.2, 0) is 4.79 Å². The van der Waals surface area contributed by atoms with Gasteiger partial charge >= 0.3 is 0 Å². The summed E-state index contributed by atoms with van der Waals surface area (Å²) in [5.74, 6) is -0.406. The highest BCUT2D eigenvalue weighted by Crippen LogP contribution is 2.33. The smallest absolute Gasteiger partial charge is 0.232 e. The van der Waals surface area contributed by atoms with E-state index in [0.29, 0.717) is 36.4 Å². The van der Waals surface area contributed by atoms with E-state index in [1.54, 1.807) is 31.6 Å². The Kier molecular flexibility index (Phi) is 6.95. The first-order chi connectivity index (χ1) is 16.5. The second-order valence-corrected chi connectivity index (χ2v) is 8.50. The van der Waals surface area contributed by atoms with Crippen LogP contribution in [0.5, 0.6) is 5.75 Å². The van der Waals surface area contributed by atoms with Gasteiger partial charge in [-0.1, -0.05) is 30.3 Å². The van der Waals surface area contributed by atoms with Crippen LogP contribution in [0.15, 0.2) is 60.1 Å². The van der Waals surface area contributed by atoms with Crippen molar-refractivity contribution in [2.24, 2.45) is 11.1 Å². The number of carbonyl (C=O) groups is 1. The van der Waals surface area contributed by atoms with Crippen molar-refractivity contribution >= 4 is 11.6 Å². The number of piperidine rings is 1. The summed E-state index contributed by atoms with van der Waals surface area (Å²) in [7, 11) is 1.57. The topological polar surface area (TPSA) is 79.9 Å². The Morgan fingerprint density at radius 2 is 2.06 bits per heavy atom. The van der Waals surface area contributed by atoms with Crippen LogP contribution in [0.25, 0.3) is 5.69 Å². The number of imidazole rings is 1. The highest BCUT2D eigenvalue weighted by Gasteiger charge is 2.37. The quantitative estimate of drug-likeness (QED) is 0.307. The molecule has 1 aliphatic rings. The molecule has 1 saturated heterocycles. The number of aromatic nitrogens is 2. The number of hydrogen-bond donors (Lipinski definition) is 1. The molecule has 0 bridgehead atoms. The minimum atomic E-state index is -0.584. The number of halogens is 1. The number of oxime groups is 1. The third-order valence-electron chi connectivity index (χ3n) is 6.39. The molecule has 2 unspecified atom stereocenters. The van der Waals surface area contributed by atoms with Gasteiger partial charge in [0.25, 0.3) is 0 Å². The fraction of sp³-hybridized carbons (Fsp3) is 0.346. The summed E-state index contributed by atoms with van der Waals surface area (Å²) in [6.45, 7) is 4.52. The summed E-state index contributed by atoms with van der Waals surface area (Å²) in [6, 6.07) is 11.6. The summed E-state index contributed by atoms with van der Waals surface area (Å²) >= 11 is 0. The summed E-state index contributed by atoms with van der Waals surface area (Å²) in [5, 5.41) is 13.5. The van der Waals surface area contributed by atoms with E-state index in [9.17, 15) is 14.4 Å². The normalized spacial score (nSPS) is 17.6. The lowest BCUT2D eigenvalue weighted by Gasteiger charge is -2.38. The van der Waals surface area contributed by atoms with Crippen LogP contribution in [0.4, 0.5) is 4.39 Å². The Bertz CT molecular complexity index is 1190. The number of ether oxygens (including phenoxy) is 1. The van der Waals surface area contributed by atoms with Gasteiger partial charge in [0.15, 0.2) is 0 Å². The van der Waals surface area contributed by atoms with E-state index in [1.165, 1.54) is 12.1 Å². The number of benzene rings is 2. The van der Waals surface area contributed by atoms with Gasteiger partial charge in [0.1, 0.15) is 11.6 Å². The molecule has 2 heterocycles. The van der Waals surface area contributed by atoms with Crippen molar-refractivity contribution in [2.75, 3.05) is 13.7 Å². The third kappa shape index (κ3) is 4.53. The van der Waals surface area contributed by atoms with E-state index < -0.39 is 5.92 Å². The van der Waals surface area contributed by atoms with Crippen molar-refractivity contribution in [2.45, 2.75) is 39.2 Å². The van der Waals surface area contributed by atoms with Crippen LogP contribution in [0.3, 0.4) is 0 Å². The van der Waals surface area contributed by atoms with Gasteiger partial charge < -0.3 is 19.4 Å². The Morgan fingerprint density at radius 3 is 2.68 bits per heavy atom. The fourth-order valence-corrected chi connectivity index (χ4v) is 4.72. The van der Waals surface area contributed by atoms with Crippen molar-refractivity contribution in [3.8, 4) is 11.4 Å². The first-order valence-electron chi connectivity index (χ1n) is 11.4. The van der Waals surface area contributed by atoms with Crippen molar-refractivity contribution in [1.82, 2.24) is 14.5 Å². The summed E-state index contributed by atoms with van der Waals surface area (Å²) in [6.07, 6.45) is 5.65. The number of rotatable bonds is 7. The van der Waals surface area contributed by atoms with Crippen LogP contribution in [0.2, 0.25) is 0 Å². The molecule has 0 spiro atoms. The van der Waals surface area contributed by atoms with Gasteiger partial charge in [0, 0.05) is 18.3 Å². The first-order valence-corrected chi connectivity index (χ1v) is 11.4. The van der Waals surface area contributed by atoms with Crippen LogP contribution < -0.4 is 4.74 Å². The van der Waals surface area contributed by atoms with E-state index in [0.717, 1.165) is 23.4 Å². The number of likely N-dealkylation sites (tertiary alicyclic amines) is 1. The van der Waals surface area contributed by atoms with E-state index in [2.05, 4.69) is 10.1 Å². The average Bonchev–Trinajstić information content (AvgIpc) is 3.29. The highest BCUT2D eigenvalue weighted by molar-refractivity contribution is 6.13. The Morgan fingerprint density at radius 1 is 1.29 bits per heavy atom. The van der Waals surface area contributed by atoms with E-state index >= 15 is 0 Å². The van der Waals surface area contributed by atoms with Gasteiger partial charge in [0.05, 0.1) is 42.5 Å². The average molecular weight is 465 g/mol. The predicted molar refractivity (Wildman–Crippen MR) is 127 cm³/mol. The van der Waals surface area contributed by atoms with Gasteiger partial charge in [0.2, 0.25) is 5.91 Å². The lowest BCUT2D eigenvalue weighted by molar-refractivity contribution is -0.138. The largest absolute Gasteiger partial charge is 0.495 e. The van der Waals surface area contributed by atoms with Crippen LogP contribution in [0, 0.1) is 18.7 Å². The lowest BCUT2D eigenvalue weighted by Crippen LogP contribution is -2.46. The Balaban J connectivity index is 1.63. The first kappa shape index (κ1) is 23.5. The molecule has 1 fully saturated rings.